The quantitative estimate of drug-likeness (QED) is 0.576. The number of nitrogens with zero attached hydrogens (tertiary/aromatic N) is 3. The van der Waals surface area contributed by atoms with E-state index in [1.165, 1.54) is 38.4 Å². The second-order valence-electron chi connectivity index (χ2n) is 6.68. The van der Waals surface area contributed by atoms with Crippen LogP contribution in [0.4, 0.5) is 0 Å². The van der Waals surface area contributed by atoms with Gasteiger partial charge >= 0.3 is 0 Å². The third-order valence-corrected chi connectivity index (χ3v) is 4.37. The zero-order valence-electron chi connectivity index (χ0n) is 16.6. The summed E-state index contributed by atoms with van der Waals surface area (Å²) in [6, 6.07) is 2.15. The predicted octanol–water partition coefficient (Wildman–Crippen LogP) is 4.99. The van der Waals surface area contributed by atoms with Gasteiger partial charge in [0.15, 0.2) is 5.78 Å². The number of H-pyrrole nitrogens is 1. The van der Waals surface area contributed by atoms with E-state index in [1.54, 1.807) is 6.20 Å². The standard InChI is InChI=1S/C17H20N4O.C5H10.H2/c1-13(22)17-16(11-19-20-17)5-4-14-8-15(10-18-9-14)12-21-6-2-3-7-21;1-3-5-4-2;/h4-5,8-11H,2-3,6-7,12H2,1H3,(H,19,20);3,5H,4H2,1-2H3;1H/b5-4+;5-3+;. The zero-order valence-corrected chi connectivity index (χ0v) is 16.6. The average molecular weight is 369 g/mol. The maximum absolute atomic E-state index is 11.5. The van der Waals surface area contributed by atoms with Crippen LogP contribution in [0, 0.1) is 0 Å². The molecule has 146 valence electrons. The molecule has 1 fully saturated rings. The van der Waals surface area contributed by atoms with E-state index in [9.17, 15) is 4.79 Å². The average Bonchev–Trinajstić information content (AvgIpc) is 3.33. The van der Waals surface area contributed by atoms with Crippen molar-refractivity contribution in [1.29, 1.82) is 0 Å². The highest BCUT2D eigenvalue weighted by Gasteiger charge is 2.12. The number of allylic oxidation sites excluding steroid dienone is 2. The van der Waals surface area contributed by atoms with Crippen molar-refractivity contribution in [3.05, 3.63) is 59.2 Å². The number of hydrogen-bond acceptors (Lipinski definition) is 4. The molecule has 3 rings (SSSR count). The number of ketones is 1. The Morgan fingerprint density at radius 3 is 2.67 bits per heavy atom. The van der Waals surface area contributed by atoms with Crippen molar-refractivity contribution in [2.45, 2.75) is 46.6 Å². The summed E-state index contributed by atoms with van der Waals surface area (Å²) < 4.78 is 0. The van der Waals surface area contributed by atoms with Gasteiger partial charge in [-0.1, -0.05) is 31.2 Å². The van der Waals surface area contributed by atoms with Gasteiger partial charge in [-0.25, -0.2) is 0 Å². The van der Waals surface area contributed by atoms with Crippen molar-refractivity contribution in [2.75, 3.05) is 13.1 Å². The van der Waals surface area contributed by atoms with Gasteiger partial charge in [-0.15, -0.1) is 0 Å². The lowest BCUT2D eigenvalue weighted by Gasteiger charge is -2.14. The van der Waals surface area contributed by atoms with Crippen LogP contribution in [0.15, 0.2) is 36.8 Å². The van der Waals surface area contributed by atoms with Gasteiger partial charge in [-0.05, 0) is 56.5 Å². The third kappa shape index (κ3) is 6.94. The number of pyridine rings is 1. The Kier molecular flexibility index (Phi) is 8.65. The largest absolute Gasteiger partial charge is 0.299 e. The van der Waals surface area contributed by atoms with Gasteiger partial charge < -0.3 is 0 Å². The lowest BCUT2D eigenvalue weighted by atomic mass is 10.1. The maximum atomic E-state index is 11.5. The van der Waals surface area contributed by atoms with Gasteiger partial charge in [0, 0.05) is 32.9 Å². The number of hydrogen-bond donors (Lipinski definition) is 1. The fourth-order valence-electron chi connectivity index (χ4n) is 3.01. The molecule has 0 bridgehead atoms. The molecule has 5 heteroatoms. The normalized spacial score (nSPS) is 14.6. The summed E-state index contributed by atoms with van der Waals surface area (Å²) in [4.78, 5) is 18.2. The van der Waals surface area contributed by atoms with E-state index in [2.05, 4.69) is 45.2 Å². The highest BCUT2D eigenvalue weighted by atomic mass is 16.1. The van der Waals surface area contributed by atoms with Crippen LogP contribution < -0.4 is 0 Å². The van der Waals surface area contributed by atoms with E-state index in [-0.39, 0.29) is 7.21 Å². The Labute approximate surface area is 163 Å². The number of carbonyl (C=O) groups is 1. The van der Waals surface area contributed by atoms with Crippen LogP contribution >= 0.6 is 0 Å². The van der Waals surface area contributed by atoms with Crippen molar-refractivity contribution < 1.29 is 6.22 Å². The van der Waals surface area contributed by atoms with Crippen molar-refractivity contribution in [2.24, 2.45) is 0 Å². The molecular weight excluding hydrogens is 336 g/mol. The van der Waals surface area contributed by atoms with Gasteiger partial charge in [0.05, 0.1) is 6.20 Å². The van der Waals surface area contributed by atoms with Crippen LogP contribution in [0.5, 0.6) is 0 Å². The van der Waals surface area contributed by atoms with Crippen LogP contribution in [0.1, 0.15) is 68.6 Å². The molecule has 5 nitrogen and oxygen atoms in total. The SMILES string of the molecule is C/C=C/CC.CC(=O)c1[nH]ncc1/C=C/c1cncc(CN2CCCC2)c1.[HH]. The lowest BCUT2D eigenvalue weighted by molar-refractivity contribution is 0.101. The third-order valence-electron chi connectivity index (χ3n) is 4.37. The molecule has 1 N–H and O–H groups in total. The van der Waals surface area contributed by atoms with E-state index < -0.39 is 0 Å². The molecule has 0 aromatic carbocycles. The molecule has 2 aromatic heterocycles. The fourth-order valence-corrected chi connectivity index (χ4v) is 3.01. The summed E-state index contributed by atoms with van der Waals surface area (Å²) in [6.07, 6.45) is 17.2. The molecule has 0 radical (unpaired) electrons. The summed E-state index contributed by atoms with van der Waals surface area (Å²) in [6.45, 7) is 9.00. The zero-order chi connectivity index (χ0) is 19.5. The molecule has 1 aliphatic rings. The van der Waals surface area contributed by atoms with Crippen molar-refractivity contribution >= 4 is 17.9 Å². The topological polar surface area (TPSA) is 61.9 Å². The van der Waals surface area contributed by atoms with Crippen LogP contribution in [-0.4, -0.2) is 39.0 Å². The van der Waals surface area contributed by atoms with Crippen molar-refractivity contribution in [1.82, 2.24) is 20.1 Å². The van der Waals surface area contributed by atoms with Crippen molar-refractivity contribution in [3.8, 4) is 0 Å². The Morgan fingerprint density at radius 1 is 1.26 bits per heavy atom. The first-order valence-corrected chi connectivity index (χ1v) is 9.63. The molecule has 0 atom stereocenters. The second kappa shape index (κ2) is 11.2. The number of Topliss-reactive ketones (excluding diaryl/α,β-unsaturated/α-hetero) is 1. The van der Waals surface area contributed by atoms with E-state index >= 15 is 0 Å². The van der Waals surface area contributed by atoms with Gasteiger partial charge in [0.1, 0.15) is 5.69 Å². The van der Waals surface area contributed by atoms with E-state index in [1.807, 2.05) is 31.5 Å². The molecule has 3 heterocycles. The summed E-state index contributed by atoms with van der Waals surface area (Å²) >= 11 is 0. The molecule has 27 heavy (non-hydrogen) atoms. The number of aromatic nitrogens is 3. The van der Waals surface area contributed by atoms with Crippen LogP contribution in [0.25, 0.3) is 12.2 Å². The van der Waals surface area contributed by atoms with Gasteiger partial charge in [-0.2, -0.15) is 5.10 Å². The minimum absolute atomic E-state index is 0. The number of rotatable bonds is 6. The highest BCUT2D eigenvalue weighted by molar-refractivity contribution is 5.96. The Morgan fingerprint density at radius 2 is 2.04 bits per heavy atom. The summed E-state index contributed by atoms with van der Waals surface area (Å²) in [5.41, 5.74) is 3.60. The molecule has 2 aromatic rings. The first-order valence-electron chi connectivity index (χ1n) is 9.63. The number of aromatic amines is 1. The van der Waals surface area contributed by atoms with E-state index in [4.69, 9.17) is 0 Å². The summed E-state index contributed by atoms with van der Waals surface area (Å²) in [5.74, 6) is -0.0157. The Balaban J connectivity index is 0.000000584. The lowest BCUT2D eigenvalue weighted by Crippen LogP contribution is -2.18. The van der Waals surface area contributed by atoms with Crippen molar-refractivity contribution in [3.63, 3.8) is 0 Å². The number of likely N-dealkylation sites (tertiary alicyclic amines) is 1. The van der Waals surface area contributed by atoms with Crippen LogP contribution in [0.2, 0.25) is 0 Å². The highest BCUT2D eigenvalue weighted by Crippen LogP contribution is 2.15. The minimum Gasteiger partial charge on any atom is -0.299 e. The fraction of sp³-hybridized carbons (Fsp3) is 0.409. The predicted molar refractivity (Wildman–Crippen MR) is 113 cm³/mol. The first kappa shape index (κ1) is 20.8. The van der Waals surface area contributed by atoms with Gasteiger partial charge in [-0.3, -0.25) is 19.8 Å². The molecular formula is C22H32N4O. The van der Waals surface area contributed by atoms with E-state index in [0.717, 1.165) is 24.1 Å². The van der Waals surface area contributed by atoms with Crippen LogP contribution in [0.3, 0.4) is 0 Å². The molecule has 0 spiro atoms. The first-order chi connectivity index (χ1) is 13.1. The van der Waals surface area contributed by atoms with Crippen LogP contribution in [-0.2, 0) is 6.54 Å². The van der Waals surface area contributed by atoms with Gasteiger partial charge in [0.25, 0.3) is 0 Å². The Hall–Kier alpha value is -2.53. The minimum atomic E-state index is -0.0157. The molecule has 1 saturated heterocycles. The number of nitrogens with one attached hydrogen (secondary N) is 1. The molecule has 0 unspecified atom stereocenters. The molecule has 0 aliphatic carbocycles. The molecule has 0 amide bonds. The molecule has 0 saturated carbocycles. The maximum Gasteiger partial charge on any atom is 0.178 e. The monoisotopic (exact) mass is 368 g/mol. The Bertz CT molecular complexity index is 776. The smallest absolute Gasteiger partial charge is 0.178 e. The number of carbonyl (C=O) groups excluding carboxylic acids is 1. The van der Waals surface area contributed by atoms with E-state index in [0.29, 0.717) is 5.69 Å². The summed E-state index contributed by atoms with van der Waals surface area (Å²) in [7, 11) is 0. The van der Waals surface area contributed by atoms with Gasteiger partial charge in [0.2, 0.25) is 0 Å². The molecule has 1 aliphatic heterocycles. The second-order valence-corrected chi connectivity index (χ2v) is 6.68. The summed E-state index contributed by atoms with van der Waals surface area (Å²) in [5, 5.41) is 6.65.